The number of hydrogen-bond donors (Lipinski definition) is 2. The Balaban J connectivity index is 1.21. The smallest absolute Gasteiger partial charge is 0.251 e. The lowest BCUT2D eigenvalue weighted by Gasteiger charge is -2.36. The first-order valence-corrected chi connectivity index (χ1v) is 16.2. The van der Waals surface area contributed by atoms with Gasteiger partial charge in [0.2, 0.25) is 5.91 Å². The number of carbonyl (C=O) groups is 2. The summed E-state index contributed by atoms with van der Waals surface area (Å²) in [4.78, 5) is 29.5. The summed E-state index contributed by atoms with van der Waals surface area (Å²) >= 11 is 12.5. The van der Waals surface area contributed by atoms with E-state index >= 15 is 0 Å². The summed E-state index contributed by atoms with van der Waals surface area (Å²) in [5.74, 6) is 0.775. The molecule has 2 N–H and O–H groups in total. The zero-order valence-electron chi connectivity index (χ0n) is 26.3. The van der Waals surface area contributed by atoms with Crippen molar-refractivity contribution in [3.63, 3.8) is 0 Å². The number of methoxy groups -OCH3 is 1. The summed E-state index contributed by atoms with van der Waals surface area (Å²) in [6.07, 6.45) is 2.70. The summed E-state index contributed by atoms with van der Waals surface area (Å²) in [6.45, 7) is 8.37. The van der Waals surface area contributed by atoms with Crippen molar-refractivity contribution in [1.82, 2.24) is 15.5 Å². The molecule has 0 spiro atoms. The molecule has 0 aromatic heterocycles. The topological polar surface area (TPSA) is 89.1 Å². The van der Waals surface area contributed by atoms with Crippen LogP contribution in [-0.2, 0) is 11.3 Å². The van der Waals surface area contributed by atoms with Gasteiger partial charge in [-0.1, -0.05) is 41.4 Å². The van der Waals surface area contributed by atoms with E-state index in [4.69, 9.17) is 37.4 Å². The van der Waals surface area contributed by atoms with Gasteiger partial charge in [-0.05, 0) is 99.2 Å². The number of nitrogens with zero attached hydrogens (tertiary/aromatic N) is 1. The van der Waals surface area contributed by atoms with Crippen LogP contribution in [0.1, 0.15) is 51.9 Å². The van der Waals surface area contributed by atoms with E-state index in [1.807, 2.05) is 17.9 Å². The number of carbonyl (C=O) groups excluding carboxylic acids is 2. The largest absolute Gasteiger partial charge is 0.493 e. The Hall–Kier alpha value is -3.46. The number of nitrogens with one attached hydrogen (secondary N) is 2. The molecule has 2 unspecified atom stereocenters. The molecule has 1 aliphatic heterocycles. The zero-order chi connectivity index (χ0) is 32.1. The van der Waals surface area contributed by atoms with Crippen LogP contribution in [0.25, 0.3) is 0 Å². The van der Waals surface area contributed by atoms with Gasteiger partial charge in [-0.2, -0.15) is 0 Å². The van der Waals surface area contributed by atoms with E-state index in [0.717, 1.165) is 24.9 Å². The van der Waals surface area contributed by atoms with Gasteiger partial charge < -0.3 is 29.7 Å². The second kappa shape index (κ2) is 14.8. The van der Waals surface area contributed by atoms with Gasteiger partial charge in [0.05, 0.1) is 23.1 Å². The van der Waals surface area contributed by atoms with E-state index in [2.05, 4.69) is 36.6 Å². The highest BCUT2D eigenvalue weighted by atomic mass is 35.5. The van der Waals surface area contributed by atoms with E-state index in [9.17, 15) is 9.59 Å². The van der Waals surface area contributed by atoms with Crippen molar-refractivity contribution in [1.29, 1.82) is 0 Å². The number of benzene rings is 3. The highest BCUT2D eigenvalue weighted by Crippen LogP contribution is 2.35. The van der Waals surface area contributed by atoms with Gasteiger partial charge in [-0.15, -0.1) is 0 Å². The van der Waals surface area contributed by atoms with E-state index in [1.165, 1.54) is 23.8 Å². The molecular weight excluding hydrogens is 613 g/mol. The summed E-state index contributed by atoms with van der Waals surface area (Å²) < 4.78 is 17.2. The second-order valence-corrected chi connectivity index (χ2v) is 12.7. The summed E-state index contributed by atoms with van der Waals surface area (Å²) in [5, 5.41) is 7.39. The van der Waals surface area contributed by atoms with Crippen LogP contribution in [0.15, 0.2) is 48.5 Å². The third-order valence-electron chi connectivity index (χ3n) is 8.60. The average molecular weight is 655 g/mol. The Morgan fingerprint density at radius 1 is 0.956 bits per heavy atom. The third kappa shape index (κ3) is 8.04. The molecule has 5 rings (SSSR count). The maximum atomic E-state index is 14.0. The van der Waals surface area contributed by atoms with Crippen molar-refractivity contribution in [2.24, 2.45) is 5.92 Å². The molecule has 45 heavy (non-hydrogen) atoms. The van der Waals surface area contributed by atoms with Gasteiger partial charge in [0.1, 0.15) is 13.2 Å². The van der Waals surface area contributed by atoms with Gasteiger partial charge in [0.25, 0.3) is 5.91 Å². The molecule has 0 bridgehead atoms. The summed E-state index contributed by atoms with van der Waals surface area (Å²) in [6, 6.07) is 14.8. The number of amides is 2. The number of aryl methyl sites for hydroxylation is 2. The van der Waals surface area contributed by atoms with Gasteiger partial charge in [-0.25, -0.2) is 0 Å². The molecular formula is C35H41Cl2N3O5. The lowest BCUT2D eigenvalue weighted by molar-refractivity contribution is -0.138. The summed E-state index contributed by atoms with van der Waals surface area (Å²) in [5.41, 5.74) is 4.98. The van der Waals surface area contributed by atoms with Gasteiger partial charge in [0.15, 0.2) is 17.2 Å². The molecule has 1 aliphatic carbocycles. The summed E-state index contributed by atoms with van der Waals surface area (Å²) in [7, 11) is 1.52. The Kier molecular flexibility index (Phi) is 10.8. The van der Waals surface area contributed by atoms with Crippen molar-refractivity contribution in [2.75, 3.05) is 33.4 Å². The van der Waals surface area contributed by atoms with Crippen LogP contribution in [-0.4, -0.2) is 62.2 Å². The fraction of sp³-hybridized carbons (Fsp3) is 0.429. The van der Waals surface area contributed by atoms with Crippen molar-refractivity contribution >= 4 is 35.0 Å². The SMILES string of the molecule is COc1cc(C(=O)NC2CCNCC2C(=O)N(Cc2cccc(C)c2C)C2CC2)ccc1OCCOc1c(Cl)cc(C)cc1Cl. The van der Waals surface area contributed by atoms with E-state index < -0.39 is 0 Å². The molecule has 1 saturated carbocycles. The number of hydrogen-bond acceptors (Lipinski definition) is 6. The lowest BCUT2D eigenvalue weighted by Crippen LogP contribution is -2.55. The predicted octanol–water partition coefficient (Wildman–Crippen LogP) is 6.28. The van der Waals surface area contributed by atoms with Crippen LogP contribution < -0.4 is 24.8 Å². The molecule has 2 aliphatic rings. The molecule has 1 saturated heterocycles. The number of halogens is 2. The Labute approximate surface area is 275 Å². The molecule has 2 atom stereocenters. The molecule has 240 valence electrons. The van der Waals surface area contributed by atoms with Crippen LogP contribution in [0, 0.1) is 26.7 Å². The maximum absolute atomic E-state index is 14.0. The van der Waals surface area contributed by atoms with Crippen LogP contribution in [0.5, 0.6) is 17.2 Å². The zero-order valence-corrected chi connectivity index (χ0v) is 27.8. The quantitative estimate of drug-likeness (QED) is 0.224. The van der Waals surface area contributed by atoms with Gasteiger partial charge in [-0.3, -0.25) is 9.59 Å². The van der Waals surface area contributed by atoms with Crippen molar-refractivity contribution in [2.45, 2.75) is 58.7 Å². The first kappa shape index (κ1) is 32.9. The normalized spacial score (nSPS) is 17.8. The number of rotatable bonds is 12. The van der Waals surface area contributed by atoms with Crippen molar-refractivity contribution < 1.29 is 23.8 Å². The Morgan fingerprint density at radius 2 is 1.69 bits per heavy atom. The fourth-order valence-electron chi connectivity index (χ4n) is 5.74. The fourth-order valence-corrected chi connectivity index (χ4v) is 6.45. The van der Waals surface area contributed by atoms with E-state index in [-0.39, 0.29) is 43.0 Å². The number of ether oxygens (including phenoxy) is 3. The minimum absolute atomic E-state index is 0.0904. The lowest BCUT2D eigenvalue weighted by atomic mass is 9.91. The van der Waals surface area contributed by atoms with Crippen LogP contribution >= 0.6 is 23.2 Å². The Bertz CT molecular complexity index is 1520. The maximum Gasteiger partial charge on any atom is 0.251 e. The number of piperidine rings is 1. The molecule has 3 aromatic rings. The monoisotopic (exact) mass is 653 g/mol. The van der Waals surface area contributed by atoms with Crippen molar-refractivity contribution in [3.05, 3.63) is 86.4 Å². The van der Waals surface area contributed by atoms with E-state index in [0.29, 0.717) is 52.4 Å². The van der Waals surface area contributed by atoms with Gasteiger partial charge >= 0.3 is 0 Å². The molecule has 3 aromatic carbocycles. The molecule has 0 radical (unpaired) electrons. The highest BCUT2D eigenvalue weighted by molar-refractivity contribution is 6.37. The molecule has 8 nitrogen and oxygen atoms in total. The van der Waals surface area contributed by atoms with Crippen molar-refractivity contribution in [3.8, 4) is 17.2 Å². The predicted molar refractivity (Wildman–Crippen MR) is 177 cm³/mol. The molecule has 2 fully saturated rings. The third-order valence-corrected chi connectivity index (χ3v) is 9.16. The molecule has 10 heteroatoms. The average Bonchev–Trinajstić information content (AvgIpc) is 3.86. The minimum atomic E-state index is -0.353. The van der Waals surface area contributed by atoms with Crippen LogP contribution in [0.3, 0.4) is 0 Å². The standard InChI is InChI=1S/C35H41Cl2N3O5/c1-21-16-28(36)33(29(37)17-21)45-15-14-44-31-11-8-24(18-32(31)43-4)34(41)39-30-12-13-38-19-27(30)35(42)40(26-9-10-26)20-25-7-5-6-22(2)23(25)3/h5-8,11,16-18,26-27,30,38H,9-10,12-15,19-20H2,1-4H3,(H,39,41). The first-order valence-electron chi connectivity index (χ1n) is 15.4. The van der Waals surface area contributed by atoms with E-state index in [1.54, 1.807) is 30.3 Å². The minimum Gasteiger partial charge on any atom is -0.493 e. The Morgan fingerprint density at radius 3 is 2.40 bits per heavy atom. The van der Waals surface area contributed by atoms with Crippen LogP contribution in [0.4, 0.5) is 0 Å². The second-order valence-electron chi connectivity index (χ2n) is 11.9. The first-order chi connectivity index (χ1) is 21.7. The van der Waals surface area contributed by atoms with Gasteiger partial charge in [0, 0.05) is 30.7 Å². The highest BCUT2D eigenvalue weighted by Gasteiger charge is 2.40. The molecule has 1 heterocycles. The van der Waals surface area contributed by atoms with Crippen LogP contribution in [0.2, 0.25) is 10.0 Å². The molecule has 2 amide bonds.